The Kier molecular flexibility index (Phi) is 26.6. The molecule has 0 N–H and O–H groups in total. The predicted octanol–water partition coefficient (Wildman–Crippen LogP) is 6.30. The van der Waals surface area contributed by atoms with Gasteiger partial charge in [-0.1, -0.05) is 81.1 Å². The van der Waals surface area contributed by atoms with E-state index in [1.807, 2.05) is 27.7 Å². The summed E-state index contributed by atoms with van der Waals surface area (Å²) in [6.07, 6.45) is 7.15. The highest BCUT2D eigenvalue weighted by atomic mass is 14.2. The first-order chi connectivity index (χ1) is 7.20. The van der Waals surface area contributed by atoms with Crippen LogP contribution in [0.15, 0.2) is 0 Å². The van der Waals surface area contributed by atoms with Crippen LogP contribution in [0.5, 0.6) is 0 Å². The summed E-state index contributed by atoms with van der Waals surface area (Å²) < 4.78 is 0. The van der Waals surface area contributed by atoms with Crippen LogP contribution in [0.25, 0.3) is 0 Å². The van der Waals surface area contributed by atoms with Gasteiger partial charge in [-0.05, 0) is 18.3 Å². The van der Waals surface area contributed by atoms with Crippen LogP contribution >= 0.6 is 0 Å². The van der Waals surface area contributed by atoms with Crippen LogP contribution in [0.3, 0.4) is 0 Å². The van der Waals surface area contributed by atoms with Crippen molar-refractivity contribution in [2.24, 2.45) is 11.8 Å². The van der Waals surface area contributed by atoms with Crippen molar-refractivity contribution in [1.29, 1.82) is 0 Å². The predicted molar refractivity (Wildman–Crippen MR) is 75.5 cm³/mol. The Labute approximate surface area is 99.9 Å². The Bertz CT molecular complexity index is 68.1. The Balaban J connectivity index is -0.000000176. The Hall–Kier alpha value is 0. The van der Waals surface area contributed by atoms with E-state index in [1.54, 1.807) is 0 Å². The van der Waals surface area contributed by atoms with Crippen LogP contribution in [0, 0.1) is 11.8 Å². The summed E-state index contributed by atoms with van der Waals surface area (Å²) in [6.45, 7) is 17.0. The largest absolute Gasteiger partial charge is 0.0683 e. The van der Waals surface area contributed by atoms with Crippen molar-refractivity contribution >= 4 is 0 Å². The van der Waals surface area contributed by atoms with Crippen LogP contribution in [0.4, 0.5) is 0 Å². The molecule has 0 heteroatoms. The molecule has 2 atom stereocenters. The molecule has 0 aromatic carbocycles. The molecule has 2 unspecified atom stereocenters. The minimum Gasteiger partial charge on any atom is -0.0683 e. The minimum atomic E-state index is 1.01. The lowest BCUT2D eigenvalue weighted by Gasteiger charge is -2.22. The molecule has 1 aliphatic carbocycles. The van der Waals surface area contributed by atoms with Gasteiger partial charge >= 0.3 is 0 Å². The molecule has 0 heterocycles. The molecule has 0 amide bonds. The Morgan fingerprint density at radius 1 is 0.800 bits per heavy atom. The summed E-state index contributed by atoms with van der Waals surface area (Å²) in [5.74, 6) is 2.03. The van der Waals surface area contributed by atoms with E-state index in [-0.39, 0.29) is 0 Å². The lowest BCUT2D eigenvalue weighted by Crippen LogP contribution is -2.09. The van der Waals surface area contributed by atoms with E-state index >= 15 is 0 Å². The Morgan fingerprint density at radius 2 is 1.07 bits per heavy atom. The molecular weight excluding hydrogens is 180 g/mol. The average molecular weight is 216 g/mol. The zero-order valence-electron chi connectivity index (χ0n) is 12.7. The summed E-state index contributed by atoms with van der Waals surface area (Å²) >= 11 is 0. The maximum Gasteiger partial charge on any atom is -0.0440 e. The molecule has 96 valence electrons. The van der Waals surface area contributed by atoms with Crippen molar-refractivity contribution in [1.82, 2.24) is 0 Å². The maximum atomic E-state index is 2.37. The van der Waals surface area contributed by atoms with Crippen molar-refractivity contribution in [3.8, 4) is 0 Å². The summed E-state index contributed by atoms with van der Waals surface area (Å²) in [5.41, 5.74) is 0. The van der Waals surface area contributed by atoms with Gasteiger partial charge in [0.25, 0.3) is 0 Å². The van der Waals surface area contributed by atoms with Gasteiger partial charge in [-0.3, -0.25) is 0 Å². The lowest BCUT2D eigenvalue weighted by molar-refractivity contribution is 0.301. The molecule has 0 aliphatic heterocycles. The lowest BCUT2D eigenvalue weighted by atomic mass is 9.84. The van der Waals surface area contributed by atoms with Crippen LogP contribution < -0.4 is 0 Å². The molecule has 0 nitrogen and oxygen atoms in total. The molecule has 0 aromatic heterocycles. The summed E-state index contributed by atoms with van der Waals surface area (Å²) in [5, 5.41) is 0. The third kappa shape index (κ3) is 20.2. The summed E-state index contributed by atoms with van der Waals surface area (Å²) in [4.78, 5) is 0. The zero-order valence-corrected chi connectivity index (χ0v) is 12.7. The van der Waals surface area contributed by atoms with Gasteiger partial charge < -0.3 is 0 Å². The smallest absolute Gasteiger partial charge is 0.0440 e. The van der Waals surface area contributed by atoms with Crippen molar-refractivity contribution < 1.29 is 0 Å². The standard InChI is InChI=1S/C8H16.C3H8.2C2H6/c1-7-4-3-5-8(2)6-7;1-3-2;2*1-2/h7-8H,3-6H2,1-2H3;3H2,1-2H3;2*1-2H3. The van der Waals surface area contributed by atoms with Crippen molar-refractivity contribution in [2.45, 2.75) is 87.5 Å². The second-order valence-corrected chi connectivity index (χ2v) is 4.08. The second kappa shape index (κ2) is 19.6. The van der Waals surface area contributed by atoms with E-state index < -0.39 is 0 Å². The number of hydrogen-bond acceptors (Lipinski definition) is 0. The van der Waals surface area contributed by atoms with Crippen LogP contribution in [-0.2, 0) is 0 Å². The van der Waals surface area contributed by atoms with Gasteiger partial charge in [-0.25, -0.2) is 0 Å². The molecule has 0 aromatic rings. The Morgan fingerprint density at radius 3 is 1.20 bits per heavy atom. The van der Waals surface area contributed by atoms with Crippen molar-refractivity contribution in [3.63, 3.8) is 0 Å². The highest BCUT2D eigenvalue weighted by Gasteiger charge is 2.13. The van der Waals surface area contributed by atoms with Crippen LogP contribution in [0.2, 0.25) is 0 Å². The first-order valence-corrected chi connectivity index (χ1v) is 7.20. The van der Waals surface area contributed by atoms with Gasteiger partial charge in [0.15, 0.2) is 0 Å². The third-order valence-electron chi connectivity index (χ3n) is 2.20. The number of rotatable bonds is 0. The van der Waals surface area contributed by atoms with E-state index in [0.717, 1.165) is 11.8 Å². The molecule has 1 rings (SSSR count). The molecular formula is C15H36. The monoisotopic (exact) mass is 216 g/mol. The third-order valence-corrected chi connectivity index (χ3v) is 2.20. The maximum absolute atomic E-state index is 2.37. The van der Waals surface area contributed by atoms with Gasteiger partial charge in [-0.15, -0.1) is 0 Å². The molecule has 0 radical (unpaired) electrons. The van der Waals surface area contributed by atoms with E-state index in [9.17, 15) is 0 Å². The zero-order chi connectivity index (χ0) is 12.7. The van der Waals surface area contributed by atoms with Gasteiger partial charge in [0.05, 0.1) is 0 Å². The molecule has 1 fully saturated rings. The fourth-order valence-electron chi connectivity index (χ4n) is 1.74. The number of hydrogen-bond donors (Lipinski definition) is 0. The molecule has 1 aliphatic rings. The average Bonchev–Trinajstić information content (AvgIpc) is 2.24. The SMILES string of the molecule is CC.CC.CC1CCCC(C)C1.CCC. The molecule has 1 saturated carbocycles. The van der Waals surface area contributed by atoms with Crippen LogP contribution in [0.1, 0.15) is 87.5 Å². The topological polar surface area (TPSA) is 0 Å². The normalized spacial score (nSPS) is 23.2. The quantitative estimate of drug-likeness (QED) is 0.445. The van der Waals surface area contributed by atoms with Gasteiger partial charge in [0.1, 0.15) is 0 Å². The van der Waals surface area contributed by atoms with Crippen molar-refractivity contribution in [2.75, 3.05) is 0 Å². The fourth-order valence-corrected chi connectivity index (χ4v) is 1.74. The fraction of sp³-hybridized carbons (Fsp3) is 1.00. The molecule has 0 saturated heterocycles. The summed E-state index contributed by atoms with van der Waals surface area (Å²) in [6, 6.07) is 0. The van der Waals surface area contributed by atoms with Gasteiger partial charge in [0.2, 0.25) is 0 Å². The summed E-state index contributed by atoms with van der Waals surface area (Å²) in [7, 11) is 0. The van der Waals surface area contributed by atoms with Gasteiger partial charge in [0, 0.05) is 0 Å². The van der Waals surface area contributed by atoms with E-state index in [2.05, 4.69) is 27.7 Å². The second-order valence-electron chi connectivity index (χ2n) is 4.08. The van der Waals surface area contributed by atoms with Gasteiger partial charge in [-0.2, -0.15) is 0 Å². The van der Waals surface area contributed by atoms with E-state index in [0.29, 0.717) is 0 Å². The first kappa shape index (κ1) is 20.4. The van der Waals surface area contributed by atoms with Crippen LogP contribution in [-0.4, -0.2) is 0 Å². The molecule has 15 heavy (non-hydrogen) atoms. The van der Waals surface area contributed by atoms with Crippen molar-refractivity contribution in [3.05, 3.63) is 0 Å². The van der Waals surface area contributed by atoms with E-state index in [1.165, 1.54) is 32.1 Å². The highest BCUT2D eigenvalue weighted by molar-refractivity contribution is 4.66. The first-order valence-electron chi connectivity index (χ1n) is 7.20. The molecule has 0 spiro atoms. The van der Waals surface area contributed by atoms with E-state index in [4.69, 9.17) is 0 Å². The molecule has 0 bridgehead atoms. The highest BCUT2D eigenvalue weighted by Crippen LogP contribution is 2.27. The minimum absolute atomic E-state index is 1.01.